The molecule has 1 amide bonds. The topological polar surface area (TPSA) is 20.3 Å². The van der Waals surface area contributed by atoms with Gasteiger partial charge in [0.05, 0.1) is 11.4 Å². The van der Waals surface area contributed by atoms with E-state index in [0.717, 1.165) is 6.41 Å². The number of allylic oxidation sites excluding steroid dienone is 3. The van der Waals surface area contributed by atoms with Crippen molar-refractivity contribution in [2.24, 2.45) is 5.92 Å². The van der Waals surface area contributed by atoms with Crippen LogP contribution in [0.25, 0.3) is 0 Å². The maximum Gasteiger partial charge on any atom is 0.210 e. The summed E-state index contributed by atoms with van der Waals surface area (Å²) >= 11 is 6.20. The predicted molar refractivity (Wildman–Crippen MR) is 57.1 cm³/mol. The van der Waals surface area contributed by atoms with Gasteiger partial charge in [-0.2, -0.15) is 0 Å². The van der Waals surface area contributed by atoms with Crippen LogP contribution in [0.1, 0.15) is 0 Å². The van der Waals surface area contributed by atoms with Crippen LogP contribution < -0.4 is 0 Å². The van der Waals surface area contributed by atoms with Crippen LogP contribution >= 0.6 is 11.6 Å². The van der Waals surface area contributed by atoms with E-state index < -0.39 is 0 Å². The number of rotatable bonds is 1. The maximum atomic E-state index is 10.9. The first-order valence-electron chi connectivity index (χ1n) is 4.69. The van der Waals surface area contributed by atoms with Crippen LogP contribution in [0.4, 0.5) is 0 Å². The smallest absolute Gasteiger partial charge is 0.210 e. The second-order valence-corrected chi connectivity index (χ2v) is 4.02. The van der Waals surface area contributed by atoms with Crippen molar-refractivity contribution < 1.29 is 4.79 Å². The van der Waals surface area contributed by atoms with Crippen molar-refractivity contribution in [1.29, 1.82) is 0 Å². The molecular weight excluding hydrogens is 198 g/mol. The molecule has 0 bridgehead atoms. The summed E-state index contributed by atoms with van der Waals surface area (Å²) in [5, 5.41) is -0.0221. The third-order valence-electron chi connectivity index (χ3n) is 2.67. The molecule has 3 heteroatoms. The highest BCUT2D eigenvalue weighted by Gasteiger charge is 2.29. The quantitative estimate of drug-likeness (QED) is 0.366. The minimum Gasteiger partial charge on any atom is -0.334 e. The fraction of sp³-hybridized carbons (Fsp3) is 0.364. The van der Waals surface area contributed by atoms with Gasteiger partial charge in [0, 0.05) is 12.5 Å². The Hall–Kier alpha value is -1.02. The molecule has 2 nitrogen and oxygen atoms in total. The van der Waals surface area contributed by atoms with Crippen molar-refractivity contribution in [1.82, 2.24) is 4.90 Å². The van der Waals surface area contributed by atoms with Gasteiger partial charge in [0.25, 0.3) is 0 Å². The Morgan fingerprint density at radius 2 is 2.07 bits per heavy atom. The van der Waals surface area contributed by atoms with Crippen LogP contribution in [0.2, 0.25) is 0 Å². The van der Waals surface area contributed by atoms with Gasteiger partial charge in [-0.05, 0) is 0 Å². The Bertz CT molecular complexity index is 308. The van der Waals surface area contributed by atoms with Gasteiger partial charge in [-0.15, -0.1) is 11.6 Å². The van der Waals surface area contributed by atoms with E-state index in [-0.39, 0.29) is 17.3 Å². The van der Waals surface area contributed by atoms with Gasteiger partial charge < -0.3 is 4.90 Å². The number of alkyl halides is 1. The highest BCUT2D eigenvalue weighted by atomic mass is 35.5. The molecular formula is C11H12ClNO. The van der Waals surface area contributed by atoms with Crippen LogP contribution in [0, 0.1) is 5.92 Å². The molecule has 74 valence electrons. The first kappa shape index (κ1) is 9.53. The average Bonchev–Trinajstić information content (AvgIpc) is 2.39. The number of carbonyl (C=O) groups is 1. The first-order chi connectivity index (χ1) is 6.83. The van der Waals surface area contributed by atoms with Gasteiger partial charge in [-0.3, -0.25) is 4.79 Å². The number of nitrogens with zero attached hydrogens (tertiary/aromatic N) is 1. The highest BCUT2D eigenvalue weighted by Crippen LogP contribution is 2.27. The molecule has 0 fully saturated rings. The number of amides is 1. The Labute approximate surface area is 88.5 Å². The molecule has 2 rings (SSSR count). The predicted octanol–water partition coefficient (Wildman–Crippen LogP) is 1.73. The van der Waals surface area contributed by atoms with E-state index in [0.29, 0.717) is 6.54 Å². The minimum absolute atomic E-state index is 0.0221. The van der Waals surface area contributed by atoms with Crippen LogP contribution in [0.5, 0.6) is 0 Å². The van der Waals surface area contributed by atoms with Crippen LogP contribution in [0.3, 0.4) is 0 Å². The Kier molecular flexibility index (Phi) is 2.73. The zero-order chi connectivity index (χ0) is 9.97. The Balaban J connectivity index is 2.28. The third kappa shape index (κ3) is 1.62. The molecule has 0 aromatic carbocycles. The summed E-state index contributed by atoms with van der Waals surface area (Å²) < 4.78 is 0. The third-order valence-corrected chi connectivity index (χ3v) is 3.11. The zero-order valence-electron chi connectivity index (χ0n) is 7.71. The lowest BCUT2D eigenvalue weighted by Crippen LogP contribution is -2.40. The number of fused-ring (bicyclic) bond motifs is 1. The largest absolute Gasteiger partial charge is 0.334 e. The molecule has 1 aliphatic carbocycles. The van der Waals surface area contributed by atoms with Crippen LogP contribution in [0.15, 0.2) is 36.5 Å². The molecule has 0 saturated carbocycles. The monoisotopic (exact) mass is 209 g/mol. The summed E-state index contributed by atoms with van der Waals surface area (Å²) in [6.07, 6.45) is 12.8. The standard InChI is InChI=1S/C11H12ClNO/c12-10-5-3-7-13(8-14)11-6-2-1-4-9(10)11/h1-6,8-11H,7H2. The maximum absolute atomic E-state index is 10.9. The summed E-state index contributed by atoms with van der Waals surface area (Å²) in [5.74, 6) is 0.200. The van der Waals surface area contributed by atoms with E-state index >= 15 is 0 Å². The molecule has 14 heavy (non-hydrogen) atoms. The second kappa shape index (κ2) is 4.01. The van der Waals surface area contributed by atoms with Crippen molar-refractivity contribution in [3.05, 3.63) is 36.5 Å². The summed E-state index contributed by atoms with van der Waals surface area (Å²) in [4.78, 5) is 12.6. The Morgan fingerprint density at radius 1 is 1.29 bits per heavy atom. The van der Waals surface area contributed by atoms with Gasteiger partial charge in [0.1, 0.15) is 0 Å². The second-order valence-electron chi connectivity index (χ2n) is 3.51. The number of halogens is 1. The summed E-state index contributed by atoms with van der Waals surface area (Å²) in [6, 6.07) is 0.106. The molecule has 0 spiro atoms. The molecule has 0 radical (unpaired) electrons. The van der Waals surface area contributed by atoms with Crippen molar-refractivity contribution in [2.45, 2.75) is 11.4 Å². The molecule has 1 aliphatic heterocycles. The Morgan fingerprint density at radius 3 is 2.86 bits per heavy atom. The zero-order valence-corrected chi connectivity index (χ0v) is 8.47. The van der Waals surface area contributed by atoms with E-state index in [9.17, 15) is 4.79 Å². The summed E-state index contributed by atoms with van der Waals surface area (Å²) in [6.45, 7) is 0.645. The summed E-state index contributed by atoms with van der Waals surface area (Å²) in [7, 11) is 0. The molecule has 3 atom stereocenters. The number of hydrogen-bond acceptors (Lipinski definition) is 1. The number of carbonyl (C=O) groups excluding carboxylic acids is 1. The van der Waals surface area contributed by atoms with Crippen LogP contribution in [-0.4, -0.2) is 29.3 Å². The van der Waals surface area contributed by atoms with E-state index in [1.165, 1.54) is 0 Å². The summed E-state index contributed by atoms with van der Waals surface area (Å²) in [5.41, 5.74) is 0. The molecule has 2 aliphatic rings. The van der Waals surface area contributed by atoms with E-state index in [4.69, 9.17) is 11.6 Å². The molecule has 0 aromatic heterocycles. The molecule has 1 heterocycles. The molecule has 0 N–H and O–H groups in total. The van der Waals surface area contributed by atoms with Crippen molar-refractivity contribution in [3.63, 3.8) is 0 Å². The first-order valence-corrected chi connectivity index (χ1v) is 5.13. The minimum atomic E-state index is -0.0221. The normalized spacial score (nSPS) is 35.2. The fourth-order valence-corrected chi connectivity index (χ4v) is 2.25. The van der Waals surface area contributed by atoms with Gasteiger partial charge in [0.15, 0.2) is 0 Å². The van der Waals surface area contributed by atoms with Gasteiger partial charge in [-0.1, -0.05) is 36.5 Å². The highest BCUT2D eigenvalue weighted by molar-refractivity contribution is 6.22. The lowest BCUT2D eigenvalue weighted by Gasteiger charge is -2.31. The average molecular weight is 210 g/mol. The lowest BCUT2D eigenvalue weighted by molar-refractivity contribution is -0.119. The van der Waals surface area contributed by atoms with Gasteiger partial charge in [-0.25, -0.2) is 0 Å². The molecule has 0 saturated heterocycles. The molecule has 0 aromatic rings. The van der Waals surface area contributed by atoms with Gasteiger partial charge >= 0.3 is 0 Å². The van der Waals surface area contributed by atoms with E-state index in [2.05, 4.69) is 6.08 Å². The van der Waals surface area contributed by atoms with Crippen molar-refractivity contribution in [2.75, 3.05) is 6.54 Å². The van der Waals surface area contributed by atoms with Crippen molar-refractivity contribution in [3.8, 4) is 0 Å². The van der Waals surface area contributed by atoms with Crippen molar-refractivity contribution >= 4 is 18.0 Å². The number of hydrogen-bond donors (Lipinski definition) is 0. The molecule has 3 unspecified atom stereocenters. The fourth-order valence-electron chi connectivity index (χ4n) is 1.91. The lowest BCUT2D eigenvalue weighted by atomic mass is 9.91. The van der Waals surface area contributed by atoms with Crippen LogP contribution in [-0.2, 0) is 4.79 Å². The van der Waals surface area contributed by atoms with E-state index in [1.54, 1.807) is 4.90 Å². The van der Waals surface area contributed by atoms with E-state index in [1.807, 2.05) is 30.4 Å². The SMILES string of the molecule is O=CN1CC=CC(Cl)C2C=CC=CC21. The van der Waals surface area contributed by atoms with Gasteiger partial charge in [0.2, 0.25) is 6.41 Å².